The molecule has 0 heterocycles. The lowest BCUT2D eigenvalue weighted by atomic mass is 10.2. The van der Waals surface area contributed by atoms with Crippen molar-refractivity contribution < 1.29 is 23.1 Å². The lowest BCUT2D eigenvalue weighted by Crippen LogP contribution is -2.27. The number of benzene rings is 1. The fourth-order valence-electron chi connectivity index (χ4n) is 1.41. The van der Waals surface area contributed by atoms with Crippen LogP contribution in [-0.4, -0.2) is 18.8 Å². The summed E-state index contributed by atoms with van der Waals surface area (Å²) in [6, 6.07) is 2.32. The van der Waals surface area contributed by atoms with Crippen LogP contribution in [0.15, 0.2) is 12.1 Å². The Morgan fingerprint density at radius 3 is 2.50 bits per heavy atom. The number of carbonyl (C=O) groups is 1. The molecule has 0 fully saturated rings. The highest BCUT2D eigenvalue weighted by Gasteiger charge is 2.19. The van der Waals surface area contributed by atoms with Crippen molar-refractivity contribution in [3.05, 3.63) is 29.3 Å². The molecule has 0 spiro atoms. The third-order valence-electron chi connectivity index (χ3n) is 2.14. The molecule has 1 aromatic rings. The van der Waals surface area contributed by atoms with E-state index in [9.17, 15) is 13.6 Å². The Bertz CT molecular complexity index is 487. The molecule has 20 heavy (non-hydrogen) atoms. The second-order valence-electron chi connectivity index (χ2n) is 5.09. The van der Waals surface area contributed by atoms with Crippen LogP contribution in [0, 0.1) is 11.6 Å². The van der Waals surface area contributed by atoms with Crippen LogP contribution < -0.4 is 10.8 Å². The van der Waals surface area contributed by atoms with E-state index in [1.54, 1.807) is 20.8 Å². The van der Waals surface area contributed by atoms with Crippen LogP contribution in [0.3, 0.4) is 0 Å². The summed E-state index contributed by atoms with van der Waals surface area (Å²) in [5.74, 6) is -2.21. The van der Waals surface area contributed by atoms with Gasteiger partial charge in [-0.25, -0.2) is 13.6 Å². The van der Waals surface area contributed by atoms with Crippen LogP contribution in [-0.2, 0) is 16.1 Å². The van der Waals surface area contributed by atoms with E-state index in [2.05, 4.69) is 15.6 Å². The van der Waals surface area contributed by atoms with Gasteiger partial charge in [0.1, 0.15) is 5.60 Å². The Morgan fingerprint density at radius 2 is 1.95 bits per heavy atom. The summed E-state index contributed by atoms with van der Waals surface area (Å²) < 4.78 is 32.0. The Hall–Kier alpha value is -1.73. The van der Waals surface area contributed by atoms with Crippen LogP contribution in [0.25, 0.3) is 0 Å². The summed E-state index contributed by atoms with van der Waals surface area (Å²) in [6.45, 7) is 5.17. The molecule has 7 heteroatoms. The minimum atomic E-state index is -1.14. The van der Waals surface area contributed by atoms with Gasteiger partial charge in [-0.3, -0.25) is 5.32 Å². The first-order valence-electron chi connectivity index (χ1n) is 5.96. The van der Waals surface area contributed by atoms with Gasteiger partial charge in [0.2, 0.25) is 0 Å². The predicted octanol–water partition coefficient (Wildman–Crippen LogP) is 2.96. The van der Waals surface area contributed by atoms with Crippen molar-refractivity contribution in [1.29, 1.82) is 0 Å². The summed E-state index contributed by atoms with van der Waals surface area (Å²) in [4.78, 5) is 16.2. The Balaban J connectivity index is 2.88. The minimum absolute atomic E-state index is 0.163. The molecule has 0 radical (unpaired) electrons. The third-order valence-corrected chi connectivity index (χ3v) is 2.14. The van der Waals surface area contributed by atoms with Crippen LogP contribution >= 0.6 is 0 Å². The lowest BCUT2D eigenvalue weighted by molar-refractivity contribution is 0.0635. The summed E-state index contributed by atoms with van der Waals surface area (Å²) in [5.41, 5.74) is 1.90. The highest BCUT2D eigenvalue weighted by Crippen LogP contribution is 2.21. The van der Waals surface area contributed by atoms with Crippen molar-refractivity contribution in [2.75, 3.05) is 12.4 Å². The van der Waals surface area contributed by atoms with Gasteiger partial charge in [-0.05, 0) is 38.5 Å². The SMILES string of the molecule is CONCc1cc(F)c(F)c(NC(=O)OC(C)(C)C)c1. The van der Waals surface area contributed by atoms with E-state index >= 15 is 0 Å². The maximum absolute atomic E-state index is 13.6. The molecule has 1 rings (SSSR count). The van der Waals surface area contributed by atoms with Crippen LogP contribution in [0.1, 0.15) is 26.3 Å². The number of ether oxygens (including phenoxy) is 1. The minimum Gasteiger partial charge on any atom is -0.444 e. The van der Waals surface area contributed by atoms with Crippen molar-refractivity contribution >= 4 is 11.8 Å². The molecule has 5 nitrogen and oxygen atoms in total. The van der Waals surface area contributed by atoms with E-state index in [4.69, 9.17) is 4.74 Å². The van der Waals surface area contributed by atoms with Crippen molar-refractivity contribution in [3.63, 3.8) is 0 Å². The smallest absolute Gasteiger partial charge is 0.412 e. The number of rotatable bonds is 4. The standard InChI is InChI=1S/C13H18F2N2O3/c1-13(2,3)20-12(18)17-10-6-8(7-16-19-4)5-9(14)11(10)15/h5-6,16H,7H2,1-4H3,(H,17,18). The number of halogens is 2. The number of amides is 1. The van der Waals surface area contributed by atoms with Gasteiger partial charge in [0.25, 0.3) is 0 Å². The zero-order valence-corrected chi connectivity index (χ0v) is 11.8. The third kappa shape index (κ3) is 5.10. The summed E-state index contributed by atoms with van der Waals surface area (Å²) >= 11 is 0. The van der Waals surface area contributed by atoms with Crippen molar-refractivity contribution in [1.82, 2.24) is 5.48 Å². The zero-order chi connectivity index (χ0) is 15.3. The van der Waals surface area contributed by atoms with Gasteiger partial charge in [0, 0.05) is 6.54 Å². The first-order valence-corrected chi connectivity index (χ1v) is 5.96. The maximum Gasteiger partial charge on any atom is 0.412 e. The first-order chi connectivity index (χ1) is 9.23. The number of hydrogen-bond acceptors (Lipinski definition) is 4. The van der Waals surface area contributed by atoms with E-state index in [-0.39, 0.29) is 12.2 Å². The zero-order valence-electron chi connectivity index (χ0n) is 11.8. The molecule has 0 aliphatic heterocycles. The Kier molecular flexibility index (Phi) is 5.41. The number of anilines is 1. The highest BCUT2D eigenvalue weighted by molar-refractivity contribution is 5.85. The topological polar surface area (TPSA) is 59.6 Å². The fourth-order valence-corrected chi connectivity index (χ4v) is 1.41. The van der Waals surface area contributed by atoms with Gasteiger partial charge < -0.3 is 9.57 Å². The molecule has 112 valence electrons. The van der Waals surface area contributed by atoms with Gasteiger partial charge in [0.05, 0.1) is 12.8 Å². The molecular formula is C13H18F2N2O3. The lowest BCUT2D eigenvalue weighted by Gasteiger charge is -2.20. The first kappa shape index (κ1) is 16.3. The second kappa shape index (κ2) is 6.62. The molecule has 0 saturated heterocycles. The molecular weight excluding hydrogens is 270 g/mol. The summed E-state index contributed by atoms with van der Waals surface area (Å²) in [5, 5.41) is 2.18. The Morgan fingerprint density at radius 1 is 1.30 bits per heavy atom. The molecule has 0 aliphatic carbocycles. The fraction of sp³-hybridized carbons (Fsp3) is 0.462. The summed E-state index contributed by atoms with van der Waals surface area (Å²) in [7, 11) is 1.40. The molecule has 2 N–H and O–H groups in total. The summed E-state index contributed by atoms with van der Waals surface area (Å²) in [6.07, 6.45) is -0.854. The molecule has 0 aliphatic rings. The quantitative estimate of drug-likeness (QED) is 0.836. The largest absolute Gasteiger partial charge is 0.444 e. The van der Waals surface area contributed by atoms with E-state index in [0.29, 0.717) is 5.56 Å². The number of carbonyl (C=O) groups excluding carboxylic acids is 1. The predicted molar refractivity (Wildman–Crippen MR) is 70.1 cm³/mol. The molecule has 0 bridgehead atoms. The molecule has 1 aromatic carbocycles. The molecule has 0 aromatic heterocycles. The number of hydroxylamine groups is 1. The van der Waals surface area contributed by atoms with Gasteiger partial charge in [-0.15, -0.1) is 0 Å². The average Bonchev–Trinajstić information content (AvgIpc) is 2.30. The average molecular weight is 288 g/mol. The second-order valence-corrected chi connectivity index (χ2v) is 5.09. The van der Waals surface area contributed by atoms with Gasteiger partial charge in [-0.1, -0.05) is 0 Å². The van der Waals surface area contributed by atoms with Gasteiger partial charge in [-0.2, -0.15) is 5.48 Å². The van der Waals surface area contributed by atoms with Crippen molar-refractivity contribution in [2.24, 2.45) is 0 Å². The van der Waals surface area contributed by atoms with E-state index in [0.717, 1.165) is 6.07 Å². The van der Waals surface area contributed by atoms with Crippen molar-refractivity contribution in [3.8, 4) is 0 Å². The maximum atomic E-state index is 13.6. The normalized spacial score (nSPS) is 11.3. The van der Waals surface area contributed by atoms with Crippen molar-refractivity contribution in [2.45, 2.75) is 32.9 Å². The van der Waals surface area contributed by atoms with E-state index in [1.165, 1.54) is 13.2 Å². The Labute approximate surface area is 116 Å². The van der Waals surface area contributed by atoms with Crippen LogP contribution in [0.2, 0.25) is 0 Å². The molecule has 0 saturated carbocycles. The van der Waals surface area contributed by atoms with E-state index in [1.807, 2.05) is 0 Å². The molecule has 0 atom stereocenters. The number of nitrogens with one attached hydrogen (secondary N) is 2. The van der Waals surface area contributed by atoms with E-state index < -0.39 is 23.3 Å². The highest BCUT2D eigenvalue weighted by atomic mass is 19.2. The van der Waals surface area contributed by atoms with Gasteiger partial charge in [0.15, 0.2) is 11.6 Å². The van der Waals surface area contributed by atoms with Crippen LogP contribution in [0.5, 0.6) is 0 Å². The number of hydrogen-bond donors (Lipinski definition) is 2. The van der Waals surface area contributed by atoms with Gasteiger partial charge >= 0.3 is 6.09 Å². The molecule has 0 unspecified atom stereocenters. The molecule has 1 amide bonds. The monoisotopic (exact) mass is 288 g/mol. The van der Waals surface area contributed by atoms with Crippen LogP contribution in [0.4, 0.5) is 19.3 Å².